The van der Waals surface area contributed by atoms with E-state index in [1.165, 1.54) is 0 Å². The van der Waals surface area contributed by atoms with Gasteiger partial charge in [0.05, 0.1) is 0 Å². The number of rotatable bonds is 0. The summed E-state index contributed by atoms with van der Waals surface area (Å²) < 4.78 is 0. The van der Waals surface area contributed by atoms with Crippen molar-refractivity contribution in [2.45, 2.75) is 13.8 Å². The molecule has 2 heteroatoms. The molecule has 0 aliphatic rings. The van der Waals surface area contributed by atoms with Crippen LogP contribution in [-0.4, -0.2) is 4.98 Å². The summed E-state index contributed by atoms with van der Waals surface area (Å²) in [5, 5.41) is 8.46. The van der Waals surface area contributed by atoms with Crippen LogP contribution in [0.15, 0.2) is 6.07 Å². The van der Waals surface area contributed by atoms with Crippen LogP contribution in [0.1, 0.15) is 17.0 Å². The second-order valence-corrected chi connectivity index (χ2v) is 2.15. The number of aromatic nitrogens is 1. The lowest BCUT2D eigenvalue weighted by atomic mass is 10.2. The molecule has 10 heavy (non-hydrogen) atoms. The smallest absolute Gasteiger partial charge is 0.141 e. The van der Waals surface area contributed by atoms with E-state index in [4.69, 9.17) is 5.26 Å². The molecule has 0 unspecified atom stereocenters. The Balaban J connectivity index is 3.22. The van der Waals surface area contributed by atoms with Crippen LogP contribution in [0.2, 0.25) is 0 Å². The molecule has 1 radical (unpaired) electrons. The van der Waals surface area contributed by atoms with Crippen LogP contribution in [0.4, 0.5) is 0 Å². The minimum Gasteiger partial charge on any atom is -0.242 e. The van der Waals surface area contributed by atoms with E-state index in [1.807, 2.05) is 19.9 Å². The summed E-state index contributed by atoms with van der Waals surface area (Å²) in [5.41, 5.74) is 2.20. The van der Waals surface area contributed by atoms with Crippen molar-refractivity contribution in [1.29, 1.82) is 5.26 Å². The fraction of sp³-hybridized carbons (Fsp3) is 0.250. The zero-order valence-electron chi connectivity index (χ0n) is 5.97. The summed E-state index contributed by atoms with van der Waals surface area (Å²) >= 11 is 0. The van der Waals surface area contributed by atoms with Crippen molar-refractivity contribution in [3.63, 3.8) is 0 Å². The lowest BCUT2D eigenvalue weighted by Gasteiger charge is -1.93. The molecule has 0 amide bonds. The highest BCUT2D eigenvalue weighted by Gasteiger charge is 1.93. The van der Waals surface area contributed by atoms with Crippen molar-refractivity contribution in [2.24, 2.45) is 0 Å². The summed E-state index contributed by atoms with van der Waals surface area (Å²) in [6.45, 7) is 3.73. The highest BCUT2D eigenvalue weighted by Crippen LogP contribution is 2.00. The standard InChI is InChI=1S/C8H7N2/c1-6-3-7(2)10-8(4-6)5-9/h4H,1-2H3. The normalized spacial score (nSPS) is 8.90. The number of pyridine rings is 1. The van der Waals surface area contributed by atoms with E-state index in [-0.39, 0.29) is 0 Å². The topological polar surface area (TPSA) is 36.7 Å². The Labute approximate surface area is 60.1 Å². The molecule has 0 aromatic carbocycles. The minimum absolute atomic E-state index is 0.466. The quantitative estimate of drug-likeness (QED) is 0.533. The molecule has 0 N–H and O–H groups in total. The van der Waals surface area contributed by atoms with Crippen LogP contribution in [-0.2, 0) is 0 Å². The first-order valence-corrected chi connectivity index (χ1v) is 3.00. The fourth-order valence-electron chi connectivity index (χ4n) is 0.825. The lowest BCUT2D eigenvalue weighted by Crippen LogP contribution is -1.87. The maximum Gasteiger partial charge on any atom is 0.141 e. The largest absolute Gasteiger partial charge is 0.242 e. The number of hydrogen-bond donors (Lipinski definition) is 0. The van der Waals surface area contributed by atoms with Gasteiger partial charge < -0.3 is 0 Å². The Kier molecular flexibility index (Phi) is 1.68. The monoisotopic (exact) mass is 131 g/mol. The van der Waals surface area contributed by atoms with Crippen LogP contribution >= 0.6 is 0 Å². The van der Waals surface area contributed by atoms with E-state index in [0.717, 1.165) is 11.3 Å². The Morgan fingerprint density at radius 2 is 2.30 bits per heavy atom. The van der Waals surface area contributed by atoms with E-state index in [0.29, 0.717) is 5.69 Å². The molecule has 1 rings (SSSR count). The Bertz CT molecular complexity index is 264. The molecule has 0 fully saturated rings. The fourth-order valence-corrected chi connectivity index (χ4v) is 0.825. The van der Waals surface area contributed by atoms with Gasteiger partial charge in [-0.05, 0) is 25.5 Å². The second-order valence-electron chi connectivity index (χ2n) is 2.15. The van der Waals surface area contributed by atoms with Crippen LogP contribution in [0.25, 0.3) is 0 Å². The molecule has 0 aliphatic heterocycles. The number of hydrogen-bond acceptors (Lipinski definition) is 2. The predicted octanol–water partition coefficient (Wildman–Crippen LogP) is 1.37. The second kappa shape index (κ2) is 2.49. The molecule has 1 heterocycles. The van der Waals surface area contributed by atoms with Gasteiger partial charge in [-0.1, -0.05) is 0 Å². The first-order chi connectivity index (χ1) is 4.72. The van der Waals surface area contributed by atoms with Gasteiger partial charge in [0.1, 0.15) is 11.8 Å². The molecular weight excluding hydrogens is 124 g/mol. The Morgan fingerprint density at radius 1 is 1.60 bits per heavy atom. The van der Waals surface area contributed by atoms with Crippen LogP contribution < -0.4 is 0 Å². The van der Waals surface area contributed by atoms with Gasteiger partial charge >= 0.3 is 0 Å². The SMILES string of the molecule is Cc1[c]c(C)nc(C#N)c1. The average molecular weight is 131 g/mol. The van der Waals surface area contributed by atoms with Gasteiger partial charge in [0, 0.05) is 11.8 Å². The zero-order valence-corrected chi connectivity index (χ0v) is 5.97. The molecule has 0 atom stereocenters. The van der Waals surface area contributed by atoms with Crippen LogP contribution in [0.3, 0.4) is 0 Å². The molecular formula is C8H7N2. The molecule has 0 bridgehead atoms. The molecule has 2 nitrogen and oxygen atoms in total. The van der Waals surface area contributed by atoms with E-state index in [9.17, 15) is 0 Å². The minimum atomic E-state index is 0.466. The van der Waals surface area contributed by atoms with E-state index < -0.39 is 0 Å². The Morgan fingerprint density at radius 3 is 2.80 bits per heavy atom. The maximum atomic E-state index is 8.46. The number of aryl methyl sites for hydroxylation is 2. The summed E-state index contributed by atoms with van der Waals surface area (Å²) in [5.74, 6) is 0. The van der Waals surface area contributed by atoms with Crippen molar-refractivity contribution in [3.8, 4) is 6.07 Å². The summed E-state index contributed by atoms with van der Waals surface area (Å²) in [6, 6.07) is 6.68. The van der Waals surface area contributed by atoms with Crippen molar-refractivity contribution in [2.75, 3.05) is 0 Å². The van der Waals surface area contributed by atoms with Crippen LogP contribution in [0.5, 0.6) is 0 Å². The molecule has 49 valence electrons. The van der Waals surface area contributed by atoms with Crippen molar-refractivity contribution < 1.29 is 0 Å². The van der Waals surface area contributed by atoms with Gasteiger partial charge in [-0.25, -0.2) is 4.98 Å². The number of nitrogens with zero attached hydrogens (tertiary/aromatic N) is 2. The predicted molar refractivity (Wildman–Crippen MR) is 37.3 cm³/mol. The third kappa shape index (κ3) is 1.32. The van der Waals surface area contributed by atoms with E-state index in [1.54, 1.807) is 6.07 Å². The third-order valence-corrected chi connectivity index (χ3v) is 1.13. The molecule has 1 aromatic rings. The summed E-state index contributed by atoms with van der Waals surface area (Å²) in [4.78, 5) is 3.94. The van der Waals surface area contributed by atoms with Crippen molar-refractivity contribution in [3.05, 3.63) is 29.1 Å². The van der Waals surface area contributed by atoms with Crippen molar-refractivity contribution in [1.82, 2.24) is 4.98 Å². The van der Waals surface area contributed by atoms with Gasteiger partial charge in [-0.15, -0.1) is 0 Å². The highest BCUT2D eigenvalue weighted by atomic mass is 14.7. The van der Waals surface area contributed by atoms with Gasteiger partial charge in [0.2, 0.25) is 0 Å². The molecule has 1 aromatic heterocycles. The van der Waals surface area contributed by atoms with Gasteiger partial charge in [0.15, 0.2) is 0 Å². The number of nitriles is 1. The third-order valence-electron chi connectivity index (χ3n) is 1.13. The van der Waals surface area contributed by atoms with Crippen LogP contribution in [0, 0.1) is 31.2 Å². The Hall–Kier alpha value is -1.36. The zero-order chi connectivity index (χ0) is 7.56. The first kappa shape index (κ1) is 6.76. The summed E-state index contributed by atoms with van der Waals surface area (Å²) in [7, 11) is 0. The van der Waals surface area contributed by atoms with E-state index in [2.05, 4.69) is 11.1 Å². The van der Waals surface area contributed by atoms with Crippen molar-refractivity contribution >= 4 is 0 Å². The first-order valence-electron chi connectivity index (χ1n) is 3.00. The van der Waals surface area contributed by atoms with Gasteiger partial charge in [-0.3, -0.25) is 0 Å². The molecule has 0 aliphatic carbocycles. The molecule has 0 saturated carbocycles. The summed E-state index contributed by atoms with van der Waals surface area (Å²) in [6.07, 6.45) is 0. The molecule has 0 spiro atoms. The van der Waals surface area contributed by atoms with Gasteiger partial charge in [-0.2, -0.15) is 5.26 Å². The lowest BCUT2D eigenvalue weighted by molar-refractivity contribution is 1.14. The highest BCUT2D eigenvalue weighted by molar-refractivity contribution is 5.26. The maximum absolute atomic E-state index is 8.46. The average Bonchev–Trinajstić information content (AvgIpc) is 1.85. The molecule has 0 saturated heterocycles. The van der Waals surface area contributed by atoms with E-state index >= 15 is 0 Å². The van der Waals surface area contributed by atoms with Gasteiger partial charge in [0.25, 0.3) is 0 Å².